The molecule has 112 valence electrons. The normalized spacial score (nSPS) is 11.2. The molecule has 0 atom stereocenters. The summed E-state index contributed by atoms with van der Waals surface area (Å²) < 4.78 is 46.8. The van der Waals surface area contributed by atoms with E-state index in [-0.39, 0.29) is 16.3 Å². The fourth-order valence-corrected chi connectivity index (χ4v) is 4.01. The standard InChI is InChI=1S/C13H10Br2FNO3S/c1-20-11-6-5-8(14)7-12(11)21(18,19)17-13-9(15)3-2-4-10(13)16/h2-7,17H,1H3. The number of para-hydroxylation sites is 1. The van der Waals surface area contributed by atoms with Crippen molar-refractivity contribution in [2.75, 3.05) is 11.8 Å². The van der Waals surface area contributed by atoms with Crippen molar-refractivity contribution in [3.8, 4) is 5.75 Å². The Morgan fingerprint density at radius 3 is 2.52 bits per heavy atom. The number of methoxy groups -OCH3 is 1. The fraction of sp³-hybridized carbons (Fsp3) is 0.0769. The highest BCUT2D eigenvalue weighted by Crippen LogP contribution is 2.32. The molecule has 0 aromatic heterocycles. The Labute approximate surface area is 138 Å². The fourth-order valence-electron chi connectivity index (χ4n) is 1.65. The summed E-state index contributed by atoms with van der Waals surface area (Å²) in [7, 11) is -2.64. The quantitative estimate of drug-likeness (QED) is 0.779. The zero-order valence-electron chi connectivity index (χ0n) is 10.7. The van der Waals surface area contributed by atoms with Gasteiger partial charge in [0.1, 0.15) is 16.5 Å². The number of hydrogen-bond acceptors (Lipinski definition) is 3. The van der Waals surface area contributed by atoms with Gasteiger partial charge in [-0.05, 0) is 46.3 Å². The number of sulfonamides is 1. The Kier molecular flexibility index (Phi) is 4.90. The highest BCUT2D eigenvalue weighted by molar-refractivity contribution is 9.10. The average molecular weight is 439 g/mol. The summed E-state index contributed by atoms with van der Waals surface area (Å²) in [6.07, 6.45) is 0. The van der Waals surface area contributed by atoms with E-state index in [0.717, 1.165) is 0 Å². The highest BCUT2D eigenvalue weighted by Gasteiger charge is 2.22. The van der Waals surface area contributed by atoms with Gasteiger partial charge in [-0.1, -0.05) is 22.0 Å². The largest absolute Gasteiger partial charge is 0.495 e. The van der Waals surface area contributed by atoms with Crippen molar-refractivity contribution in [3.63, 3.8) is 0 Å². The highest BCUT2D eigenvalue weighted by atomic mass is 79.9. The van der Waals surface area contributed by atoms with Crippen LogP contribution in [0.15, 0.2) is 50.2 Å². The van der Waals surface area contributed by atoms with Crippen molar-refractivity contribution in [1.29, 1.82) is 0 Å². The smallest absolute Gasteiger partial charge is 0.265 e. The first kappa shape index (κ1) is 16.3. The van der Waals surface area contributed by atoms with Gasteiger partial charge >= 0.3 is 0 Å². The molecule has 0 amide bonds. The molecule has 0 aliphatic rings. The van der Waals surface area contributed by atoms with Gasteiger partial charge in [0.05, 0.1) is 12.8 Å². The predicted octanol–water partition coefficient (Wildman–Crippen LogP) is 4.16. The summed E-state index contributed by atoms with van der Waals surface area (Å²) in [6.45, 7) is 0. The topological polar surface area (TPSA) is 55.4 Å². The van der Waals surface area contributed by atoms with Crippen LogP contribution in [0.2, 0.25) is 0 Å². The van der Waals surface area contributed by atoms with Crippen LogP contribution in [0.5, 0.6) is 5.75 Å². The SMILES string of the molecule is COc1ccc(Br)cc1S(=O)(=O)Nc1c(F)cccc1Br. The maximum Gasteiger partial charge on any atom is 0.265 e. The third-order valence-corrected chi connectivity index (χ3v) is 5.14. The molecule has 2 aromatic carbocycles. The van der Waals surface area contributed by atoms with Gasteiger partial charge in [-0.2, -0.15) is 0 Å². The van der Waals surface area contributed by atoms with Crippen LogP contribution in [0.4, 0.5) is 10.1 Å². The minimum absolute atomic E-state index is 0.0884. The van der Waals surface area contributed by atoms with Gasteiger partial charge in [0.2, 0.25) is 0 Å². The molecule has 4 nitrogen and oxygen atoms in total. The summed E-state index contributed by atoms with van der Waals surface area (Å²) in [4.78, 5) is -0.0884. The van der Waals surface area contributed by atoms with Crippen LogP contribution < -0.4 is 9.46 Å². The Morgan fingerprint density at radius 2 is 1.90 bits per heavy atom. The molecule has 0 radical (unpaired) electrons. The van der Waals surface area contributed by atoms with Gasteiger partial charge in [0.15, 0.2) is 0 Å². The van der Waals surface area contributed by atoms with Gasteiger partial charge in [-0.15, -0.1) is 0 Å². The number of ether oxygens (including phenoxy) is 1. The summed E-state index contributed by atoms with van der Waals surface area (Å²) in [5.74, 6) is -0.514. The van der Waals surface area contributed by atoms with Crippen LogP contribution in [0.25, 0.3) is 0 Å². The monoisotopic (exact) mass is 437 g/mol. The van der Waals surface area contributed by atoms with Gasteiger partial charge in [0, 0.05) is 8.95 Å². The molecule has 0 spiro atoms. The molecule has 0 heterocycles. The predicted molar refractivity (Wildman–Crippen MR) is 85.6 cm³/mol. The first-order valence-electron chi connectivity index (χ1n) is 5.65. The van der Waals surface area contributed by atoms with E-state index in [1.165, 1.54) is 31.4 Å². The molecule has 0 saturated heterocycles. The van der Waals surface area contributed by atoms with Gasteiger partial charge < -0.3 is 4.74 Å². The molecule has 0 saturated carbocycles. The van der Waals surface area contributed by atoms with Crippen LogP contribution in [0.1, 0.15) is 0 Å². The summed E-state index contributed by atoms with van der Waals surface area (Å²) in [5, 5.41) is 0. The minimum Gasteiger partial charge on any atom is -0.495 e. The molecule has 21 heavy (non-hydrogen) atoms. The summed E-state index contributed by atoms with van der Waals surface area (Å²) in [5.41, 5.74) is -0.153. The van der Waals surface area contributed by atoms with Crippen LogP contribution in [0, 0.1) is 5.82 Å². The van der Waals surface area contributed by atoms with Crippen molar-refractivity contribution in [3.05, 3.63) is 51.2 Å². The van der Waals surface area contributed by atoms with E-state index in [0.29, 0.717) is 8.95 Å². The second-order valence-electron chi connectivity index (χ2n) is 4.00. The molecule has 0 unspecified atom stereocenters. The second-order valence-corrected chi connectivity index (χ2v) is 7.42. The van der Waals surface area contributed by atoms with E-state index in [9.17, 15) is 12.8 Å². The van der Waals surface area contributed by atoms with Crippen LogP contribution in [-0.4, -0.2) is 15.5 Å². The molecule has 1 N–H and O–H groups in total. The number of nitrogens with one attached hydrogen (secondary N) is 1. The van der Waals surface area contributed by atoms with Crippen molar-refractivity contribution in [2.24, 2.45) is 0 Å². The number of rotatable bonds is 4. The number of hydrogen-bond donors (Lipinski definition) is 1. The molecule has 0 bridgehead atoms. The van der Waals surface area contributed by atoms with E-state index in [2.05, 4.69) is 36.6 Å². The van der Waals surface area contributed by atoms with Crippen molar-refractivity contribution < 1.29 is 17.5 Å². The second kappa shape index (κ2) is 6.33. The Balaban J connectivity index is 2.51. The number of benzene rings is 2. The Hall–Kier alpha value is -1.12. The Bertz CT molecular complexity index is 761. The lowest BCUT2D eigenvalue weighted by atomic mass is 10.3. The molecule has 0 aliphatic heterocycles. The molecule has 2 rings (SSSR count). The maximum atomic E-state index is 13.8. The first-order chi connectivity index (χ1) is 9.85. The van der Waals surface area contributed by atoms with E-state index in [1.54, 1.807) is 12.1 Å². The molecular formula is C13H10Br2FNO3S. The van der Waals surface area contributed by atoms with Crippen LogP contribution in [-0.2, 0) is 10.0 Å². The Morgan fingerprint density at radius 1 is 1.19 bits per heavy atom. The maximum absolute atomic E-state index is 13.8. The summed E-state index contributed by atoms with van der Waals surface area (Å²) >= 11 is 6.32. The lowest BCUT2D eigenvalue weighted by Gasteiger charge is -2.13. The zero-order chi connectivity index (χ0) is 15.6. The first-order valence-corrected chi connectivity index (χ1v) is 8.72. The van der Waals surface area contributed by atoms with Crippen LogP contribution in [0.3, 0.4) is 0 Å². The lowest BCUT2D eigenvalue weighted by Crippen LogP contribution is -2.15. The van der Waals surface area contributed by atoms with E-state index >= 15 is 0 Å². The average Bonchev–Trinajstić information content (AvgIpc) is 2.43. The zero-order valence-corrected chi connectivity index (χ0v) is 14.7. The summed E-state index contributed by atoms with van der Waals surface area (Å²) in [6, 6.07) is 8.72. The van der Waals surface area contributed by atoms with E-state index < -0.39 is 15.8 Å². The van der Waals surface area contributed by atoms with Gasteiger partial charge in [-0.3, -0.25) is 4.72 Å². The number of halogens is 3. The lowest BCUT2D eigenvalue weighted by molar-refractivity contribution is 0.402. The third kappa shape index (κ3) is 3.56. The van der Waals surface area contributed by atoms with Gasteiger partial charge in [0.25, 0.3) is 10.0 Å². The van der Waals surface area contributed by atoms with Crippen LogP contribution >= 0.6 is 31.9 Å². The van der Waals surface area contributed by atoms with Crippen molar-refractivity contribution in [2.45, 2.75) is 4.90 Å². The molecule has 0 aliphatic carbocycles. The van der Waals surface area contributed by atoms with E-state index in [1.807, 2.05) is 0 Å². The number of anilines is 1. The van der Waals surface area contributed by atoms with E-state index in [4.69, 9.17) is 4.74 Å². The molecule has 2 aromatic rings. The minimum atomic E-state index is -4.00. The van der Waals surface area contributed by atoms with Crippen molar-refractivity contribution >= 4 is 47.6 Å². The van der Waals surface area contributed by atoms with Gasteiger partial charge in [-0.25, -0.2) is 12.8 Å². The molecule has 0 fully saturated rings. The third-order valence-electron chi connectivity index (χ3n) is 2.61. The van der Waals surface area contributed by atoms with Crippen molar-refractivity contribution in [1.82, 2.24) is 0 Å². The molecular weight excluding hydrogens is 429 g/mol. The molecule has 8 heteroatoms.